The number of anilines is 1. The summed E-state index contributed by atoms with van der Waals surface area (Å²) in [6, 6.07) is 16.0. The lowest BCUT2D eigenvalue weighted by molar-refractivity contribution is -0.140. The third-order valence-corrected chi connectivity index (χ3v) is 9.95. The van der Waals surface area contributed by atoms with Crippen molar-refractivity contribution in [3.8, 4) is 11.5 Å². The Bertz CT molecular complexity index is 1590. The van der Waals surface area contributed by atoms with Crippen molar-refractivity contribution in [3.63, 3.8) is 0 Å². The molecule has 2 aliphatic rings. The van der Waals surface area contributed by atoms with Crippen LogP contribution in [0.5, 0.6) is 11.5 Å². The quantitative estimate of drug-likeness (QED) is 0.324. The topological polar surface area (TPSA) is 105 Å². The minimum atomic E-state index is -4.35. The van der Waals surface area contributed by atoms with Gasteiger partial charge in [0.1, 0.15) is 31.6 Å². The predicted molar refractivity (Wildman–Crippen MR) is 165 cm³/mol. The maximum absolute atomic E-state index is 14.3. The summed E-state index contributed by atoms with van der Waals surface area (Å²) in [7, 11) is -4.35. The van der Waals surface area contributed by atoms with E-state index in [1.807, 2.05) is 38.1 Å². The van der Waals surface area contributed by atoms with Gasteiger partial charge in [0, 0.05) is 18.7 Å². The first-order chi connectivity index (χ1) is 21.2. The first kappa shape index (κ1) is 31.3. The van der Waals surface area contributed by atoms with Crippen LogP contribution in [-0.2, 0) is 26.2 Å². The number of aryl methyl sites for hydroxylation is 1. The smallest absolute Gasteiger partial charge is 0.264 e. The van der Waals surface area contributed by atoms with Crippen molar-refractivity contribution in [2.45, 2.75) is 69.5 Å². The van der Waals surface area contributed by atoms with Crippen molar-refractivity contribution in [2.24, 2.45) is 0 Å². The van der Waals surface area contributed by atoms with Crippen LogP contribution in [0.4, 0.5) is 10.1 Å². The number of rotatable bonds is 11. The van der Waals surface area contributed by atoms with Gasteiger partial charge in [-0.3, -0.25) is 13.9 Å². The number of halogens is 1. The highest BCUT2D eigenvalue weighted by atomic mass is 32.2. The van der Waals surface area contributed by atoms with Gasteiger partial charge in [-0.05, 0) is 73.7 Å². The number of nitrogens with one attached hydrogen (secondary N) is 1. The molecule has 11 heteroatoms. The Balaban J connectivity index is 1.51. The zero-order valence-corrected chi connectivity index (χ0v) is 25.8. The molecule has 1 heterocycles. The summed E-state index contributed by atoms with van der Waals surface area (Å²) in [6.07, 6.45) is 4.19. The maximum Gasteiger partial charge on any atom is 0.264 e. The van der Waals surface area contributed by atoms with Crippen LogP contribution in [0.2, 0.25) is 0 Å². The average Bonchev–Trinajstić information content (AvgIpc) is 3.54. The molecule has 3 aromatic rings. The fraction of sp³-hybridized carbons (Fsp3) is 0.394. The maximum atomic E-state index is 14.3. The van der Waals surface area contributed by atoms with Crippen molar-refractivity contribution in [1.82, 2.24) is 10.2 Å². The molecular weight excluding hydrogens is 585 g/mol. The number of nitrogens with zero attached hydrogens (tertiary/aromatic N) is 2. The second kappa shape index (κ2) is 13.7. The minimum absolute atomic E-state index is 0.0539. The first-order valence-electron chi connectivity index (χ1n) is 15.0. The van der Waals surface area contributed by atoms with E-state index in [2.05, 4.69) is 5.32 Å². The molecule has 2 amide bonds. The van der Waals surface area contributed by atoms with Crippen LogP contribution in [0.15, 0.2) is 71.6 Å². The molecule has 9 nitrogen and oxygen atoms in total. The van der Waals surface area contributed by atoms with Crippen LogP contribution in [-0.4, -0.2) is 57.0 Å². The highest BCUT2D eigenvalue weighted by molar-refractivity contribution is 7.92. The van der Waals surface area contributed by atoms with Crippen molar-refractivity contribution in [2.75, 3.05) is 24.1 Å². The van der Waals surface area contributed by atoms with Gasteiger partial charge in [0.25, 0.3) is 10.0 Å². The van der Waals surface area contributed by atoms with Crippen LogP contribution in [0.3, 0.4) is 0 Å². The Labute approximate surface area is 258 Å². The number of ether oxygens (including phenoxy) is 2. The number of carbonyl (C=O) groups excluding carboxylic acids is 2. The van der Waals surface area contributed by atoms with Crippen LogP contribution in [0.1, 0.15) is 50.2 Å². The van der Waals surface area contributed by atoms with Gasteiger partial charge in [0.15, 0.2) is 11.5 Å². The molecular formula is C33H38FN3O6S. The molecule has 1 unspecified atom stereocenters. The fourth-order valence-corrected chi connectivity index (χ4v) is 7.14. The number of benzene rings is 3. The summed E-state index contributed by atoms with van der Waals surface area (Å²) in [4.78, 5) is 29.2. The van der Waals surface area contributed by atoms with Gasteiger partial charge >= 0.3 is 0 Å². The molecule has 1 atom stereocenters. The second-order valence-electron chi connectivity index (χ2n) is 11.2. The number of sulfonamides is 1. The van der Waals surface area contributed by atoms with Crippen LogP contribution >= 0.6 is 0 Å². The van der Waals surface area contributed by atoms with Gasteiger partial charge in [0.2, 0.25) is 11.8 Å². The standard InChI is InChI=1S/C33H38FN3O6S/c1-3-29(33(39)35-26-10-6-7-11-26)36(21-24-9-5-4-8-23(24)2)32(38)22-37(27-14-12-25(34)13-15-27)44(40,41)28-16-17-30-31(20-28)43-19-18-42-30/h4-5,8-9,12-17,20,26,29H,3,6-7,10-11,18-19,21-22H2,1-2H3,(H,35,39). The lowest BCUT2D eigenvalue weighted by Gasteiger charge is -2.34. The summed E-state index contributed by atoms with van der Waals surface area (Å²) in [5, 5.41) is 3.11. The van der Waals surface area contributed by atoms with Crippen molar-refractivity contribution in [1.29, 1.82) is 0 Å². The average molecular weight is 624 g/mol. The molecule has 3 aromatic carbocycles. The third kappa shape index (κ3) is 6.99. The van der Waals surface area contributed by atoms with Crippen LogP contribution in [0.25, 0.3) is 0 Å². The Morgan fingerprint density at radius 1 is 0.977 bits per heavy atom. The number of amides is 2. The van der Waals surface area contributed by atoms with E-state index in [9.17, 15) is 22.4 Å². The van der Waals surface area contributed by atoms with Crippen molar-refractivity contribution < 1.29 is 31.9 Å². The van der Waals surface area contributed by atoms with E-state index in [4.69, 9.17) is 9.47 Å². The van der Waals surface area contributed by atoms with E-state index >= 15 is 0 Å². The van der Waals surface area contributed by atoms with E-state index < -0.39 is 34.3 Å². The third-order valence-electron chi connectivity index (χ3n) is 8.18. The second-order valence-corrected chi connectivity index (χ2v) is 13.0. The summed E-state index contributed by atoms with van der Waals surface area (Å²) >= 11 is 0. The Morgan fingerprint density at radius 2 is 1.66 bits per heavy atom. The molecule has 1 aliphatic carbocycles. The van der Waals surface area contributed by atoms with Gasteiger partial charge in [-0.25, -0.2) is 12.8 Å². The van der Waals surface area contributed by atoms with Crippen molar-refractivity contribution in [3.05, 3.63) is 83.7 Å². The fourth-order valence-electron chi connectivity index (χ4n) is 5.71. The Morgan fingerprint density at radius 3 is 2.34 bits per heavy atom. The number of hydrogen-bond donors (Lipinski definition) is 1. The Kier molecular flexibility index (Phi) is 9.73. The molecule has 0 radical (unpaired) electrons. The monoisotopic (exact) mass is 623 g/mol. The highest BCUT2D eigenvalue weighted by Crippen LogP contribution is 2.34. The summed E-state index contributed by atoms with van der Waals surface area (Å²) in [5.74, 6) is -0.675. The van der Waals surface area contributed by atoms with Crippen LogP contribution in [0, 0.1) is 12.7 Å². The molecule has 0 spiro atoms. The van der Waals surface area contributed by atoms with Crippen molar-refractivity contribution >= 4 is 27.5 Å². The molecule has 0 bridgehead atoms. The van der Waals surface area contributed by atoms with Gasteiger partial charge in [-0.1, -0.05) is 44.0 Å². The molecule has 1 saturated carbocycles. The van der Waals surface area contributed by atoms with Gasteiger partial charge < -0.3 is 19.7 Å². The van der Waals surface area contributed by atoms with E-state index in [-0.39, 0.29) is 41.4 Å². The summed E-state index contributed by atoms with van der Waals surface area (Å²) < 4.78 is 54.3. The first-order valence-corrected chi connectivity index (χ1v) is 16.4. The lowest BCUT2D eigenvalue weighted by atomic mass is 10.1. The molecule has 234 valence electrons. The zero-order chi connectivity index (χ0) is 31.3. The molecule has 1 fully saturated rings. The summed E-state index contributed by atoms with van der Waals surface area (Å²) in [5.41, 5.74) is 1.89. The lowest BCUT2D eigenvalue weighted by Crippen LogP contribution is -2.53. The predicted octanol–water partition coefficient (Wildman–Crippen LogP) is 4.97. The van der Waals surface area contributed by atoms with E-state index in [0.717, 1.165) is 53.2 Å². The molecule has 44 heavy (non-hydrogen) atoms. The molecule has 0 aromatic heterocycles. The van der Waals surface area contributed by atoms with Gasteiger partial charge in [-0.2, -0.15) is 0 Å². The van der Waals surface area contributed by atoms with Gasteiger partial charge in [0.05, 0.1) is 10.6 Å². The van der Waals surface area contributed by atoms with Crippen LogP contribution < -0.4 is 19.1 Å². The largest absolute Gasteiger partial charge is 0.486 e. The SMILES string of the molecule is CCC(C(=O)NC1CCCC1)N(Cc1ccccc1C)C(=O)CN(c1ccc(F)cc1)S(=O)(=O)c1ccc2c(c1)OCCO2. The minimum Gasteiger partial charge on any atom is -0.486 e. The molecule has 1 N–H and O–H groups in total. The summed E-state index contributed by atoms with van der Waals surface area (Å²) in [6.45, 7) is 3.88. The Hall–Kier alpha value is -4.12. The molecule has 1 aliphatic heterocycles. The van der Waals surface area contributed by atoms with E-state index in [1.165, 1.54) is 35.2 Å². The van der Waals surface area contributed by atoms with Gasteiger partial charge in [-0.15, -0.1) is 0 Å². The van der Waals surface area contributed by atoms with E-state index in [1.54, 1.807) is 0 Å². The molecule has 5 rings (SSSR count). The zero-order valence-electron chi connectivity index (χ0n) is 25.0. The molecule has 0 saturated heterocycles. The van der Waals surface area contributed by atoms with E-state index in [0.29, 0.717) is 18.8 Å². The highest BCUT2D eigenvalue weighted by Gasteiger charge is 2.35. The number of hydrogen-bond acceptors (Lipinski definition) is 6. The number of carbonyl (C=O) groups is 2. The normalized spacial score (nSPS) is 15.4. The number of fused-ring (bicyclic) bond motifs is 1.